The monoisotopic (exact) mass is 458 g/mol. The second-order valence-corrected chi connectivity index (χ2v) is 8.59. The van der Waals surface area contributed by atoms with E-state index in [1.807, 2.05) is 23.1 Å². The lowest BCUT2D eigenvalue weighted by Gasteiger charge is -2.36. The minimum Gasteiger partial charge on any atom is -0.368 e. The van der Waals surface area contributed by atoms with Crippen LogP contribution in [0.1, 0.15) is 16.1 Å². The zero-order chi connectivity index (χ0) is 22.9. The first-order valence-electron chi connectivity index (χ1n) is 10.9. The molecule has 2 heterocycles. The van der Waals surface area contributed by atoms with Crippen molar-refractivity contribution in [1.82, 2.24) is 14.7 Å². The van der Waals surface area contributed by atoms with Crippen LogP contribution in [-0.2, 0) is 0 Å². The van der Waals surface area contributed by atoms with Gasteiger partial charge in [0.2, 0.25) is 0 Å². The molecule has 166 valence electrons. The molecule has 1 aliphatic rings. The minimum absolute atomic E-state index is 0.168. The summed E-state index contributed by atoms with van der Waals surface area (Å²) in [5.74, 6) is -0.168. The molecule has 0 atom stereocenters. The Bertz CT molecular complexity index is 1390. The van der Waals surface area contributed by atoms with Crippen LogP contribution in [0.15, 0.2) is 77.6 Å². The number of aromatic nitrogens is 2. The molecule has 1 fully saturated rings. The third-order valence-corrected chi connectivity index (χ3v) is 6.35. The lowest BCUT2D eigenvalue weighted by atomic mass is 10.1. The Labute approximate surface area is 196 Å². The first kappa shape index (κ1) is 21.2. The van der Waals surface area contributed by atoms with E-state index in [9.17, 15) is 9.59 Å². The van der Waals surface area contributed by atoms with Gasteiger partial charge in [0, 0.05) is 42.3 Å². The van der Waals surface area contributed by atoms with Gasteiger partial charge in [0.05, 0.1) is 11.1 Å². The highest BCUT2D eigenvalue weighted by atomic mass is 35.5. The Kier molecular flexibility index (Phi) is 5.60. The van der Waals surface area contributed by atoms with Crippen LogP contribution in [0.25, 0.3) is 16.5 Å². The zero-order valence-electron chi connectivity index (χ0n) is 18.2. The molecule has 1 saturated heterocycles. The number of carbonyl (C=O) groups is 1. The van der Waals surface area contributed by atoms with Gasteiger partial charge in [-0.2, -0.15) is 9.78 Å². The number of para-hydroxylation sites is 1. The number of benzene rings is 3. The van der Waals surface area contributed by atoms with Gasteiger partial charge in [0.25, 0.3) is 11.5 Å². The van der Waals surface area contributed by atoms with Crippen molar-refractivity contribution >= 4 is 34.0 Å². The summed E-state index contributed by atoms with van der Waals surface area (Å²) in [6.45, 7) is 4.76. The van der Waals surface area contributed by atoms with Crippen molar-refractivity contribution in [2.75, 3.05) is 31.1 Å². The summed E-state index contributed by atoms with van der Waals surface area (Å²) in [6, 6.07) is 22.3. The summed E-state index contributed by atoms with van der Waals surface area (Å²) in [4.78, 5) is 30.8. The van der Waals surface area contributed by atoms with E-state index in [0.29, 0.717) is 34.6 Å². The lowest BCUT2D eigenvalue weighted by Crippen LogP contribution is -2.49. The van der Waals surface area contributed by atoms with Crippen LogP contribution in [0.4, 0.5) is 5.69 Å². The van der Waals surface area contributed by atoms with Crippen LogP contribution in [-0.4, -0.2) is 46.8 Å². The first-order valence-corrected chi connectivity index (χ1v) is 11.3. The van der Waals surface area contributed by atoms with Crippen LogP contribution in [0.2, 0.25) is 5.02 Å². The molecule has 1 amide bonds. The van der Waals surface area contributed by atoms with Gasteiger partial charge < -0.3 is 9.80 Å². The Morgan fingerprint density at radius 3 is 2.18 bits per heavy atom. The molecular weight excluding hydrogens is 436 g/mol. The number of carbonyl (C=O) groups excluding carboxylic acids is 1. The minimum atomic E-state index is -0.270. The van der Waals surface area contributed by atoms with E-state index in [1.165, 1.54) is 15.9 Å². The molecule has 0 bridgehead atoms. The molecule has 0 unspecified atom stereocenters. The normalized spacial score (nSPS) is 14.0. The molecule has 1 aliphatic heterocycles. The summed E-state index contributed by atoms with van der Waals surface area (Å²) in [7, 11) is 0. The maximum Gasteiger partial charge on any atom is 0.279 e. The molecule has 33 heavy (non-hydrogen) atoms. The van der Waals surface area contributed by atoms with Crippen molar-refractivity contribution in [3.63, 3.8) is 0 Å². The standard InChI is InChI=1S/C26H23ClN4O2/c1-18-6-2-5-9-23(18)29-14-16-30(17-15-29)26(33)24-21-7-3-4-8-22(21)25(32)31(28-24)20-12-10-19(27)11-13-20/h2-13H,14-17H2,1H3. The van der Waals surface area contributed by atoms with Crippen molar-refractivity contribution in [1.29, 1.82) is 0 Å². The SMILES string of the molecule is Cc1ccccc1N1CCN(C(=O)c2nn(-c3ccc(Cl)cc3)c(=O)c3ccccc23)CC1. The van der Waals surface area contributed by atoms with Gasteiger partial charge in [0.1, 0.15) is 0 Å². The summed E-state index contributed by atoms with van der Waals surface area (Å²) in [5.41, 5.74) is 3.00. The summed E-state index contributed by atoms with van der Waals surface area (Å²) < 4.78 is 1.29. The molecular formula is C26H23ClN4O2. The quantitative estimate of drug-likeness (QED) is 0.459. The van der Waals surface area contributed by atoms with Crippen LogP contribution < -0.4 is 10.5 Å². The maximum absolute atomic E-state index is 13.6. The second-order valence-electron chi connectivity index (χ2n) is 8.15. The van der Waals surface area contributed by atoms with Crippen LogP contribution >= 0.6 is 11.6 Å². The van der Waals surface area contributed by atoms with Crippen molar-refractivity contribution in [3.05, 3.63) is 99.4 Å². The van der Waals surface area contributed by atoms with E-state index < -0.39 is 0 Å². The summed E-state index contributed by atoms with van der Waals surface area (Å²) >= 11 is 6.01. The van der Waals surface area contributed by atoms with Crippen molar-refractivity contribution in [3.8, 4) is 5.69 Å². The molecule has 0 spiro atoms. The molecule has 0 N–H and O–H groups in total. The summed E-state index contributed by atoms with van der Waals surface area (Å²) in [5, 5.41) is 6.12. The molecule has 1 aromatic heterocycles. The Hall–Kier alpha value is -3.64. The molecule has 5 rings (SSSR count). The summed E-state index contributed by atoms with van der Waals surface area (Å²) in [6.07, 6.45) is 0. The van der Waals surface area contributed by atoms with Crippen LogP contribution in [0.3, 0.4) is 0 Å². The lowest BCUT2D eigenvalue weighted by molar-refractivity contribution is 0.0741. The van der Waals surface area contributed by atoms with Gasteiger partial charge in [-0.15, -0.1) is 0 Å². The molecule has 0 saturated carbocycles. The average Bonchev–Trinajstić information content (AvgIpc) is 2.85. The van der Waals surface area contributed by atoms with Gasteiger partial charge in [-0.3, -0.25) is 9.59 Å². The first-order chi connectivity index (χ1) is 16.0. The van der Waals surface area contributed by atoms with Crippen LogP contribution in [0.5, 0.6) is 0 Å². The molecule has 6 nitrogen and oxygen atoms in total. The number of hydrogen-bond acceptors (Lipinski definition) is 4. The number of piperazine rings is 1. The fourth-order valence-corrected chi connectivity index (χ4v) is 4.45. The zero-order valence-corrected chi connectivity index (χ0v) is 19.0. The van der Waals surface area contributed by atoms with E-state index in [2.05, 4.69) is 29.1 Å². The van der Waals surface area contributed by atoms with E-state index in [0.717, 1.165) is 13.1 Å². The predicted octanol–water partition coefficient (Wildman–Crippen LogP) is 4.31. The van der Waals surface area contributed by atoms with Crippen molar-refractivity contribution in [2.45, 2.75) is 6.92 Å². The number of fused-ring (bicyclic) bond motifs is 1. The van der Waals surface area contributed by atoms with Crippen molar-refractivity contribution in [2.24, 2.45) is 0 Å². The fourth-order valence-electron chi connectivity index (χ4n) is 4.32. The Balaban J connectivity index is 1.49. The van der Waals surface area contributed by atoms with Gasteiger partial charge in [-0.1, -0.05) is 48.0 Å². The molecule has 7 heteroatoms. The van der Waals surface area contributed by atoms with E-state index >= 15 is 0 Å². The van der Waals surface area contributed by atoms with Gasteiger partial charge in [-0.25, -0.2) is 0 Å². The number of nitrogens with zero attached hydrogens (tertiary/aromatic N) is 4. The smallest absolute Gasteiger partial charge is 0.279 e. The fraction of sp³-hybridized carbons (Fsp3) is 0.192. The molecule has 0 radical (unpaired) electrons. The number of rotatable bonds is 3. The highest BCUT2D eigenvalue weighted by molar-refractivity contribution is 6.30. The van der Waals surface area contributed by atoms with E-state index in [4.69, 9.17) is 11.6 Å². The Morgan fingerprint density at radius 2 is 1.48 bits per heavy atom. The molecule has 4 aromatic rings. The second kappa shape index (κ2) is 8.71. The van der Waals surface area contributed by atoms with Crippen LogP contribution in [0, 0.1) is 6.92 Å². The number of halogens is 1. The topological polar surface area (TPSA) is 58.4 Å². The highest BCUT2D eigenvalue weighted by Gasteiger charge is 2.26. The third-order valence-electron chi connectivity index (χ3n) is 6.10. The van der Waals surface area contributed by atoms with E-state index in [-0.39, 0.29) is 17.2 Å². The number of hydrogen-bond donors (Lipinski definition) is 0. The van der Waals surface area contributed by atoms with Gasteiger partial charge in [-0.05, 0) is 48.9 Å². The largest absolute Gasteiger partial charge is 0.368 e. The van der Waals surface area contributed by atoms with E-state index in [1.54, 1.807) is 42.5 Å². The number of anilines is 1. The Morgan fingerprint density at radius 1 is 0.848 bits per heavy atom. The maximum atomic E-state index is 13.6. The number of aryl methyl sites for hydroxylation is 1. The van der Waals surface area contributed by atoms with Gasteiger partial charge in [0.15, 0.2) is 5.69 Å². The highest BCUT2D eigenvalue weighted by Crippen LogP contribution is 2.23. The number of amides is 1. The van der Waals surface area contributed by atoms with Crippen molar-refractivity contribution < 1.29 is 4.79 Å². The molecule has 0 aliphatic carbocycles. The third kappa shape index (κ3) is 3.98. The predicted molar refractivity (Wildman–Crippen MR) is 132 cm³/mol. The average molecular weight is 459 g/mol. The van der Waals surface area contributed by atoms with Gasteiger partial charge >= 0.3 is 0 Å². The molecule has 3 aromatic carbocycles.